The van der Waals surface area contributed by atoms with Crippen LogP contribution in [0.15, 0.2) is 47.4 Å². The number of nitrogens with two attached hydrogens (primary N) is 1. The Balaban J connectivity index is 2.71. The molecule has 0 saturated carbocycles. The summed E-state index contributed by atoms with van der Waals surface area (Å²) < 4.78 is 18.9. The lowest BCUT2D eigenvalue weighted by molar-refractivity contribution is 0.0696. The molecule has 2 rings (SSSR count). The Morgan fingerprint density at radius 1 is 1.17 bits per heavy atom. The van der Waals surface area contributed by atoms with Gasteiger partial charge in [0.05, 0.1) is 25.9 Å². The normalized spacial score (nSPS) is 13.1. The van der Waals surface area contributed by atoms with Crippen molar-refractivity contribution in [2.24, 2.45) is 5.14 Å². The molecular weight excluding hydrogens is 402 g/mol. The zero-order chi connectivity index (χ0) is 22.3. The van der Waals surface area contributed by atoms with Crippen molar-refractivity contribution in [1.82, 2.24) is 4.90 Å². The molecule has 1 unspecified atom stereocenters. The minimum Gasteiger partial charge on any atom is -0.478 e. The van der Waals surface area contributed by atoms with Crippen LogP contribution in [0.5, 0.6) is 11.5 Å². The molecule has 0 aliphatic rings. The summed E-state index contributed by atoms with van der Waals surface area (Å²) in [5.74, 6) is 3.27. The molecule has 2 aromatic rings. The van der Waals surface area contributed by atoms with Crippen molar-refractivity contribution in [2.45, 2.75) is 24.7 Å². The van der Waals surface area contributed by atoms with Crippen LogP contribution in [0.25, 0.3) is 0 Å². The Kier molecular flexibility index (Phi) is 8.28. The summed E-state index contributed by atoms with van der Waals surface area (Å²) >= 11 is 0. The molecule has 0 heterocycles. The van der Waals surface area contributed by atoms with E-state index in [0.717, 1.165) is 19.4 Å². The van der Waals surface area contributed by atoms with Gasteiger partial charge in [-0.05, 0) is 50.7 Å². The minimum absolute atomic E-state index is 0.00594. The standard InChI is InChI=1S/C22H31N3O4S/c1-5-6-12-25(14-13-24(2)3)19-15-17(22(26)27)16-20(30(4,23)28)21(19)29-18-10-8-7-9-11-18/h7-11,15-16H,4-6,12-14H2,1-3H3,(H2,23,28)(H,26,27). The van der Waals surface area contributed by atoms with Crippen LogP contribution in [0.3, 0.4) is 0 Å². The number of carboxylic acid groups (broad SMARTS) is 1. The van der Waals surface area contributed by atoms with E-state index in [-0.39, 0.29) is 16.2 Å². The van der Waals surface area contributed by atoms with Crippen molar-refractivity contribution >= 4 is 27.2 Å². The fraction of sp³-hybridized carbons (Fsp3) is 0.364. The number of benzene rings is 2. The number of hydrogen-bond donors (Lipinski definition) is 2. The van der Waals surface area contributed by atoms with E-state index in [2.05, 4.69) is 17.7 Å². The average molecular weight is 434 g/mol. The molecule has 3 N–H and O–H groups in total. The number of anilines is 1. The Labute approximate surface area is 179 Å². The van der Waals surface area contributed by atoms with E-state index < -0.39 is 15.7 Å². The zero-order valence-electron chi connectivity index (χ0n) is 17.8. The number of rotatable bonds is 11. The van der Waals surface area contributed by atoms with Gasteiger partial charge in [-0.3, -0.25) is 5.14 Å². The molecule has 0 spiro atoms. The second kappa shape index (κ2) is 10.5. The van der Waals surface area contributed by atoms with Crippen LogP contribution in [-0.4, -0.2) is 59.8 Å². The number of carbonyl (C=O) groups is 1. The first kappa shape index (κ1) is 23.7. The van der Waals surface area contributed by atoms with Crippen LogP contribution < -0.4 is 14.8 Å². The Morgan fingerprint density at radius 3 is 2.37 bits per heavy atom. The van der Waals surface area contributed by atoms with Gasteiger partial charge in [0.2, 0.25) is 0 Å². The molecule has 1 atom stereocenters. The molecule has 0 fully saturated rings. The predicted octanol–water partition coefficient (Wildman–Crippen LogP) is 3.29. The topological polar surface area (TPSA) is 96.1 Å². The number of aromatic carboxylic acids is 1. The summed E-state index contributed by atoms with van der Waals surface area (Å²) in [6.45, 7) is 4.18. The highest BCUT2D eigenvalue weighted by molar-refractivity contribution is 7.98. The zero-order valence-corrected chi connectivity index (χ0v) is 18.7. The lowest BCUT2D eigenvalue weighted by Gasteiger charge is -2.29. The Morgan fingerprint density at radius 2 is 1.83 bits per heavy atom. The third-order valence-corrected chi connectivity index (χ3v) is 5.60. The molecule has 0 aromatic heterocycles. The average Bonchev–Trinajstić information content (AvgIpc) is 2.68. The lowest BCUT2D eigenvalue weighted by Crippen LogP contribution is -2.33. The van der Waals surface area contributed by atoms with E-state index in [9.17, 15) is 14.1 Å². The van der Waals surface area contributed by atoms with E-state index in [0.29, 0.717) is 24.5 Å². The summed E-state index contributed by atoms with van der Waals surface area (Å²) in [5, 5.41) is 15.5. The summed E-state index contributed by atoms with van der Waals surface area (Å²) in [5.41, 5.74) is 0.541. The number of para-hydroxylation sites is 1. The third-order valence-electron chi connectivity index (χ3n) is 4.56. The summed E-state index contributed by atoms with van der Waals surface area (Å²) in [6, 6.07) is 11.9. The van der Waals surface area contributed by atoms with Crippen LogP contribution in [0.4, 0.5) is 5.69 Å². The molecule has 0 amide bonds. The highest BCUT2D eigenvalue weighted by atomic mass is 32.2. The first-order valence-electron chi connectivity index (χ1n) is 9.82. The van der Waals surface area contributed by atoms with Gasteiger partial charge in [-0.2, -0.15) is 0 Å². The van der Waals surface area contributed by atoms with Gasteiger partial charge in [0.15, 0.2) is 5.75 Å². The maximum atomic E-state index is 12.8. The van der Waals surface area contributed by atoms with E-state index in [1.54, 1.807) is 18.2 Å². The van der Waals surface area contributed by atoms with Crippen LogP contribution in [0, 0.1) is 0 Å². The van der Waals surface area contributed by atoms with Crippen molar-refractivity contribution in [1.29, 1.82) is 0 Å². The van der Waals surface area contributed by atoms with Gasteiger partial charge >= 0.3 is 5.97 Å². The second-order valence-electron chi connectivity index (χ2n) is 7.41. The molecule has 7 nitrogen and oxygen atoms in total. The van der Waals surface area contributed by atoms with Gasteiger partial charge in [-0.25, -0.2) is 9.00 Å². The summed E-state index contributed by atoms with van der Waals surface area (Å²) in [4.78, 5) is 16.0. The van der Waals surface area contributed by atoms with Crippen molar-refractivity contribution < 1.29 is 18.8 Å². The lowest BCUT2D eigenvalue weighted by atomic mass is 10.1. The molecule has 30 heavy (non-hydrogen) atoms. The molecule has 164 valence electrons. The number of nitrogens with zero attached hydrogens (tertiary/aromatic N) is 2. The third kappa shape index (κ3) is 6.48. The maximum Gasteiger partial charge on any atom is 0.335 e. The second-order valence-corrected chi connectivity index (χ2v) is 9.31. The number of likely N-dealkylation sites (N-methyl/N-ethyl adjacent to an activating group) is 1. The smallest absolute Gasteiger partial charge is 0.335 e. The molecule has 0 radical (unpaired) electrons. The van der Waals surface area contributed by atoms with Gasteiger partial charge in [0, 0.05) is 19.6 Å². The quantitative estimate of drug-likeness (QED) is 0.528. The fourth-order valence-electron chi connectivity index (χ4n) is 2.93. The summed E-state index contributed by atoms with van der Waals surface area (Å²) in [6.07, 6.45) is 1.88. The van der Waals surface area contributed by atoms with Crippen molar-refractivity contribution in [3.8, 4) is 11.5 Å². The first-order valence-corrected chi connectivity index (χ1v) is 11.6. The molecule has 0 aliphatic heterocycles. The van der Waals surface area contributed by atoms with Crippen LogP contribution in [-0.2, 0) is 9.71 Å². The van der Waals surface area contributed by atoms with E-state index in [1.807, 2.05) is 37.2 Å². The number of hydrogen-bond acceptors (Lipinski definition) is 5. The highest BCUT2D eigenvalue weighted by Crippen LogP contribution is 2.39. The molecule has 0 saturated heterocycles. The van der Waals surface area contributed by atoms with Gasteiger partial charge in [0.1, 0.15) is 5.75 Å². The number of ether oxygens (including phenoxy) is 1. The van der Waals surface area contributed by atoms with Crippen LogP contribution in [0.1, 0.15) is 30.1 Å². The summed E-state index contributed by atoms with van der Waals surface area (Å²) in [7, 11) is 0.704. The first-order chi connectivity index (χ1) is 14.1. The monoisotopic (exact) mass is 433 g/mol. The van der Waals surface area contributed by atoms with Crippen LogP contribution in [0.2, 0.25) is 0 Å². The fourth-order valence-corrected chi connectivity index (χ4v) is 3.72. The van der Waals surface area contributed by atoms with Gasteiger partial charge < -0.3 is 19.6 Å². The molecule has 0 bridgehead atoms. The van der Waals surface area contributed by atoms with Crippen molar-refractivity contribution in [3.63, 3.8) is 0 Å². The SMILES string of the molecule is C=S(N)(=O)c1cc(C(=O)O)cc(N(CCCC)CCN(C)C)c1Oc1ccccc1. The van der Waals surface area contributed by atoms with E-state index >= 15 is 0 Å². The molecule has 0 aliphatic carbocycles. The molecule has 8 heteroatoms. The molecule has 2 aromatic carbocycles. The molecular formula is C22H31N3O4S. The van der Waals surface area contributed by atoms with Gasteiger partial charge in [-0.15, -0.1) is 0 Å². The minimum atomic E-state index is -3.24. The maximum absolute atomic E-state index is 12.8. The number of carboxylic acids is 1. The predicted molar refractivity (Wildman–Crippen MR) is 123 cm³/mol. The van der Waals surface area contributed by atoms with E-state index in [4.69, 9.17) is 9.88 Å². The van der Waals surface area contributed by atoms with Crippen molar-refractivity contribution in [2.75, 3.05) is 38.6 Å². The van der Waals surface area contributed by atoms with Gasteiger partial charge in [-0.1, -0.05) is 31.5 Å². The largest absolute Gasteiger partial charge is 0.478 e. The number of unbranched alkanes of at least 4 members (excludes halogenated alkanes) is 1. The van der Waals surface area contributed by atoms with Crippen molar-refractivity contribution in [3.05, 3.63) is 48.0 Å². The Hall–Kier alpha value is -2.55. The van der Waals surface area contributed by atoms with E-state index in [1.165, 1.54) is 6.07 Å². The van der Waals surface area contributed by atoms with Gasteiger partial charge in [0.25, 0.3) is 0 Å². The highest BCUT2D eigenvalue weighted by Gasteiger charge is 2.24. The van der Waals surface area contributed by atoms with Crippen LogP contribution >= 0.6 is 0 Å². The Bertz CT molecular complexity index is 960.